The van der Waals surface area contributed by atoms with E-state index in [0.717, 1.165) is 15.7 Å². The molecule has 2 amide bonds. The van der Waals surface area contributed by atoms with Gasteiger partial charge in [0.05, 0.1) is 27.3 Å². The van der Waals surface area contributed by atoms with E-state index in [1.54, 1.807) is 42.5 Å². The molecule has 42 heavy (non-hydrogen) atoms. The standard InChI is InChI=1S/C33H20N2O7/c36-29(21-8-2-1-3-9-21)30(22-13-16-24(17-14-22)35(40)41)42-33(39)23-15-18-26-27(19-23)32(38)34(31(26)37)28-12-6-10-20-7-4-5-11-25(20)28/h1-19,30H/t30-/m1/s1. The largest absolute Gasteiger partial charge is 0.445 e. The second kappa shape index (κ2) is 10.5. The van der Waals surface area contributed by atoms with Crippen molar-refractivity contribution in [1.29, 1.82) is 0 Å². The molecule has 0 aliphatic carbocycles. The van der Waals surface area contributed by atoms with Gasteiger partial charge in [0.1, 0.15) is 0 Å². The lowest BCUT2D eigenvalue weighted by molar-refractivity contribution is -0.384. The number of benzene rings is 5. The molecule has 1 aliphatic heterocycles. The first-order valence-corrected chi connectivity index (χ1v) is 12.9. The second-order valence-electron chi connectivity index (χ2n) is 9.57. The summed E-state index contributed by atoms with van der Waals surface area (Å²) < 4.78 is 5.66. The first-order valence-electron chi connectivity index (χ1n) is 12.9. The number of ether oxygens (including phenoxy) is 1. The van der Waals surface area contributed by atoms with E-state index in [4.69, 9.17) is 4.74 Å². The zero-order chi connectivity index (χ0) is 29.4. The lowest BCUT2D eigenvalue weighted by Crippen LogP contribution is -2.29. The zero-order valence-electron chi connectivity index (χ0n) is 21.8. The van der Waals surface area contributed by atoms with E-state index in [1.165, 1.54) is 42.5 Å². The Labute approximate surface area is 238 Å². The fraction of sp³-hybridized carbons (Fsp3) is 0.0303. The van der Waals surface area contributed by atoms with Crippen LogP contribution in [0.1, 0.15) is 53.1 Å². The molecule has 1 aliphatic rings. The van der Waals surface area contributed by atoms with E-state index >= 15 is 0 Å². The minimum absolute atomic E-state index is 0.0312. The Kier molecular flexibility index (Phi) is 6.60. The molecule has 0 spiro atoms. The van der Waals surface area contributed by atoms with Gasteiger partial charge in [-0.2, -0.15) is 0 Å². The number of carbonyl (C=O) groups is 4. The lowest BCUT2D eigenvalue weighted by atomic mass is 9.99. The minimum atomic E-state index is -1.42. The summed E-state index contributed by atoms with van der Waals surface area (Å²) in [5.74, 6) is -2.55. The summed E-state index contributed by atoms with van der Waals surface area (Å²) >= 11 is 0. The Bertz CT molecular complexity index is 1910. The van der Waals surface area contributed by atoms with Gasteiger partial charge in [0.2, 0.25) is 5.78 Å². The number of imide groups is 1. The van der Waals surface area contributed by atoms with Gasteiger partial charge in [-0.05, 0) is 41.8 Å². The highest BCUT2D eigenvalue weighted by Crippen LogP contribution is 2.34. The molecule has 0 saturated carbocycles. The maximum atomic E-state index is 13.5. The van der Waals surface area contributed by atoms with Crippen LogP contribution in [-0.4, -0.2) is 28.5 Å². The Morgan fingerprint density at radius 2 is 1.38 bits per heavy atom. The number of hydrogen-bond acceptors (Lipinski definition) is 7. The van der Waals surface area contributed by atoms with E-state index in [9.17, 15) is 29.3 Å². The van der Waals surface area contributed by atoms with Crippen LogP contribution >= 0.6 is 0 Å². The van der Waals surface area contributed by atoms with Crippen LogP contribution in [0.5, 0.6) is 0 Å². The van der Waals surface area contributed by atoms with Crippen molar-refractivity contribution in [3.63, 3.8) is 0 Å². The first-order chi connectivity index (χ1) is 20.3. The highest BCUT2D eigenvalue weighted by Gasteiger charge is 2.38. The quantitative estimate of drug-likeness (QED) is 0.0754. The predicted octanol–water partition coefficient (Wildman–Crippen LogP) is 6.33. The topological polar surface area (TPSA) is 124 Å². The Morgan fingerprint density at radius 3 is 2.12 bits per heavy atom. The maximum Gasteiger partial charge on any atom is 0.339 e. The number of non-ortho nitro benzene ring substituents is 1. The van der Waals surface area contributed by atoms with E-state index < -0.39 is 34.6 Å². The van der Waals surface area contributed by atoms with Gasteiger partial charge >= 0.3 is 5.97 Å². The molecule has 0 aromatic heterocycles. The van der Waals surface area contributed by atoms with Crippen molar-refractivity contribution in [3.05, 3.63) is 153 Å². The predicted molar refractivity (Wildman–Crippen MR) is 154 cm³/mol. The molecule has 0 saturated heterocycles. The number of fused-ring (bicyclic) bond motifs is 2. The van der Waals surface area contributed by atoms with Gasteiger partial charge in [-0.15, -0.1) is 0 Å². The number of hydrogen-bond donors (Lipinski definition) is 0. The zero-order valence-corrected chi connectivity index (χ0v) is 21.8. The summed E-state index contributed by atoms with van der Waals surface area (Å²) in [5, 5.41) is 12.7. The van der Waals surface area contributed by atoms with Crippen LogP contribution in [0, 0.1) is 10.1 Å². The number of nitro groups is 1. The summed E-state index contributed by atoms with van der Waals surface area (Å²) in [7, 11) is 0. The Morgan fingerprint density at radius 1 is 0.714 bits per heavy atom. The van der Waals surface area contributed by atoms with Crippen LogP contribution < -0.4 is 4.90 Å². The van der Waals surface area contributed by atoms with Gasteiger partial charge in [-0.1, -0.05) is 66.7 Å². The molecule has 1 atom stereocenters. The highest BCUT2D eigenvalue weighted by atomic mass is 16.6. The van der Waals surface area contributed by atoms with Crippen LogP contribution in [0.4, 0.5) is 11.4 Å². The van der Waals surface area contributed by atoms with Gasteiger partial charge in [0.25, 0.3) is 17.5 Å². The minimum Gasteiger partial charge on any atom is -0.445 e. The van der Waals surface area contributed by atoms with Crippen LogP contribution in [0.2, 0.25) is 0 Å². The third kappa shape index (κ3) is 4.58. The normalized spacial score (nSPS) is 13.1. The molecular formula is C33H20N2O7. The smallest absolute Gasteiger partial charge is 0.339 e. The average molecular weight is 557 g/mol. The van der Waals surface area contributed by atoms with Gasteiger partial charge in [0, 0.05) is 28.6 Å². The van der Waals surface area contributed by atoms with Crippen molar-refractivity contribution >= 4 is 45.7 Å². The molecule has 1 heterocycles. The number of nitro benzene ring substituents is 1. The van der Waals surface area contributed by atoms with Crippen LogP contribution in [-0.2, 0) is 4.74 Å². The van der Waals surface area contributed by atoms with Crippen LogP contribution in [0.15, 0.2) is 115 Å². The van der Waals surface area contributed by atoms with Crippen molar-refractivity contribution in [2.24, 2.45) is 0 Å². The number of anilines is 1. The number of esters is 1. The molecule has 5 aromatic carbocycles. The third-order valence-electron chi connectivity index (χ3n) is 7.06. The van der Waals surface area contributed by atoms with Crippen molar-refractivity contribution in [2.45, 2.75) is 6.10 Å². The fourth-order valence-corrected chi connectivity index (χ4v) is 4.96. The molecule has 0 radical (unpaired) electrons. The van der Waals surface area contributed by atoms with E-state index in [2.05, 4.69) is 0 Å². The summed E-state index contributed by atoms with van der Waals surface area (Å²) in [4.78, 5) is 65.2. The molecule has 0 bridgehead atoms. The van der Waals surface area contributed by atoms with Gasteiger partial charge < -0.3 is 4.74 Å². The highest BCUT2D eigenvalue weighted by molar-refractivity contribution is 6.36. The van der Waals surface area contributed by atoms with Crippen LogP contribution in [0.3, 0.4) is 0 Å². The van der Waals surface area contributed by atoms with Crippen molar-refractivity contribution < 1.29 is 28.8 Å². The Hall–Kier alpha value is -5.96. The van der Waals surface area contributed by atoms with Crippen molar-refractivity contribution in [1.82, 2.24) is 0 Å². The molecule has 0 unspecified atom stereocenters. The third-order valence-corrected chi connectivity index (χ3v) is 7.06. The summed E-state index contributed by atoms with van der Waals surface area (Å²) in [6.45, 7) is 0. The molecular weight excluding hydrogens is 536 g/mol. The molecule has 9 nitrogen and oxygen atoms in total. The molecule has 6 rings (SSSR count). The fourth-order valence-electron chi connectivity index (χ4n) is 4.96. The monoisotopic (exact) mass is 556 g/mol. The van der Waals surface area contributed by atoms with Gasteiger partial charge in [0.15, 0.2) is 6.10 Å². The second-order valence-corrected chi connectivity index (χ2v) is 9.57. The van der Waals surface area contributed by atoms with Crippen LogP contribution in [0.25, 0.3) is 10.8 Å². The molecule has 0 N–H and O–H groups in total. The van der Waals surface area contributed by atoms with E-state index in [1.807, 2.05) is 30.3 Å². The molecule has 204 valence electrons. The number of nitrogens with zero attached hydrogens (tertiary/aromatic N) is 2. The molecule has 5 aromatic rings. The van der Waals surface area contributed by atoms with E-state index in [0.29, 0.717) is 5.69 Å². The van der Waals surface area contributed by atoms with Crippen molar-refractivity contribution in [2.75, 3.05) is 4.90 Å². The van der Waals surface area contributed by atoms with Crippen molar-refractivity contribution in [3.8, 4) is 0 Å². The molecule has 0 fully saturated rings. The summed E-state index contributed by atoms with van der Waals surface area (Å²) in [6.07, 6.45) is -1.42. The number of ketones is 1. The molecule has 9 heteroatoms. The number of Topliss-reactive ketones (excluding diaryl/α,β-unsaturated/α-hetero) is 1. The average Bonchev–Trinajstić information content (AvgIpc) is 3.28. The maximum absolute atomic E-state index is 13.5. The Balaban J connectivity index is 1.32. The lowest BCUT2D eigenvalue weighted by Gasteiger charge is -2.18. The summed E-state index contributed by atoms with van der Waals surface area (Å²) in [5.41, 5.74) is 0.873. The number of rotatable bonds is 7. The van der Waals surface area contributed by atoms with E-state index in [-0.39, 0.29) is 33.5 Å². The first kappa shape index (κ1) is 26.3. The number of carbonyl (C=O) groups excluding carboxylic acids is 4. The van der Waals surface area contributed by atoms with Gasteiger partial charge in [-0.25, -0.2) is 9.69 Å². The number of amides is 2. The SMILES string of the molecule is O=C(O[C@@H](C(=O)c1ccccc1)c1ccc([N+](=O)[O-])cc1)c1ccc2c(c1)C(=O)N(c1cccc3ccccc13)C2=O. The van der Waals surface area contributed by atoms with Gasteiger partial charge in [-0.3, -0.25) is 24.5 Å². The summed E-state index contributed by atoms with van der Waals surface area (Å²) in [6, 6.07) is 30.0.